The van der Waals surface area contributed by atoms with Crippen LogP contribution in [-0.2, 0) is 14.3 Å². The number of hydrogen-bond acceptors (Lipinski definition) is 4. The van der Waals surface area contributed by atoms with Gasteiger partial charge in [0.15, 0.2) is 0 Å². The zero-order chi connectivity index (χ0) is 13.4. The summed E-state index contributed by atoms with van der Waals surface area (Å²) in [6.07, 6.45) is 0.659. The number of carbonyl (C=O) groups excluding carboxylic acids is 2. The molecule has 0 aromatic heterocycles. The molecular weight excluding hydrogens is 228 g/mol. The number of nitrogens with zero attached hydrogens (tertiary/aromatic N) is 1. The van der Waals surface area contributed by atoms with Gasteiger partial charge in [-0.2, -0.15) is 0 Å². The Morgan fingerprint density at radius 3 is 2.41 bits per heavy atom. The van der Waals surface area contributed by atoms with Gasteiger partial charge in [0.05, 0.1) is 7.11 Å². The number of methoxy groups -OCH3 is 1. The van der Waals surface area contributed by atoms with E-state index in [0.717, 1.165) is 0 Å². The Morgan fingerprint density at radius 2 is 2.00 bits per heavy atom. The predicted octanol–water partition coefficient (Wildman–Crippen LogP) is 0.0541. The fourth-order valence-corrected chi connectivity index (χ4v) is 1.08. The van der Waals surface area contributed by atoms with Crippen molar-refractivity contribution in [3.05, 3.63) is 0 Å². The number of carboxylic acid groups (broad SMARTS) is 1. The van der Waals surface area contributed by atoms with E-state index in [2.05, 4.69) is 10.1 Å². The van der Waals surface area contributed by atoms with Crippen LogP contribution in [0.15, 0.2) is 0 Å². The summed E-state index contributed by atoms with van der Waals surface area (Å²) in [7, 11) is 1.23. The average Bonchev–Trinajstić information content (AvgIpc) is 2.27. The third kappa shape index (κ3) is 5.74. The number of urea groups is 1. The molecule has 0 heterocycles. The number of rotatable bonds is 6. The SMILES string of the molecule is CCCN(CC(=O)OC)C(=O)N[C@@H](C)C(=O)O. The topological polar surface area (TPSA) is 95.9 Å². The monoisotopic (exact) mass is 246 g/mol. The first kappa shape index (κ1) is 15.2. The number of esters is 1. The molecule has 0 radical (unpaired) electrons. The van der Waals surface area contributed by atoms with E-state index in [9.17, 15) is 14.4 Å². The van der Waals surface area contributed by atoms with Gasteiger partial charge >= 0.3 is 18.0 Å². The first-order chi connectivity index (χ1) is 7.92. The molecule has 98 valence electrons. The van der Waals surface area contributed by atoms with Gasteiger partial charge in [-0.3, -0.25) is 9.59 Å². The minimum atomic E-state index is -1.13. The van der Waals surface area contributed by atoms with E-state index in [-0.39, 0.29) is 6.54 Å². The van der Waals surface area contributed by atoms with Crippen LogP contribution in [0.5, 0.6) is 0 Å². The quantitative estimate of drug-likeness (QED) is 0.646. The van der Waals surface area contributed by atoms with Crippen molar-refractivity contribution in [3.8, 4) is 0 Å². The molecule has 17 heavy (non-hydrogen) atoms. The molecule has 0 saturated carbocycles. The average molecular weight is 246 g/mol. The lowest BCUT2D eigenvalue weighted by molar-refractivity contribution is -0.141. The van der Waals surface area contributed by atoms with Crippen molar-refractivity contribution < 1.29 is 24.2 Å². The summed E-state index contributed by atoms with van der Waals surface area (Å²) in [4.78, 5) is 34.5. The largest absolute Gasteiger partial charge is 0.480 e. The van der Waals surface area contributed by atoms with Crippen molar-refractivity contribution in [1.82, 2.24) is 10.2 Å². The van der Waals surface area contributed by atoms with Crippen LogP contribution in [0.1, 0.15) is 20.3 Å². The Morgan fingerprint density at radius 1 is 1.41 bits per heavy atom. The zero-order valence-electron chi connectivity index (χ0n) is 10.2. The molecule has 0 aromatic rings. The lowest BCUT2D eigenvalue weighted by Crippen LogP contribution is -2.48. The van der Waals surface area contributed by atoms with Crippen LogP contribution in [0.3, 0.4) is 0 Å². The Kier molecular flexibility index (Phi) is 6.69. The summed E-state index contributed by atoms with van der Waals surface area (Å²) in [5.41, 5.74) is 0. The predicted molar refractivity (Wildman–Crippen MR) is 59.5 cm³/mol. The van der Waals surface area contributed by atoms with Crippen LogP contribution >= 0.6 is 0 Å². The summed E-state index contributed by atoms with van der Waals surface area (Å²) in [5, 5.41) is 10.9. The molecule has 0 aliphatic carbocycles. The fraction of sp³-hybridized carbons (Fsp3) is 0.700. The normalized spacial score (nSPS) is 11.5. The first-order valence-corrected chi connectivity index (χ1v) is 5.27. The van der Waals surface area contributed by atoms with E-state index in [1.54, 1.807) is 0 Å². The standard InChI is InChI=1S/C10H18N2O5/c1-4-5-12(6-8(13)17-3)10(16)11-7(2)9(14)15/h7H,4-6H2,1-3H3,(H,11,16)(H,14,15)/t7-/m0/s1. The lowest BCUT2D eigenvalue weighted by atomic mass is 10.3. The number of nitrogens with one attached hydrogen (secondary N) is 1. The Labute approximate surface area is 99.7 Å². The number of hydrogen-bond donors (Lipinski definition) is 2. The summed E-state index contributed by atoms with van der Waals surface area (Å²) >= 11 is 0. The summed E-state index contributed by atoms with van der Waals surface area (Å²) in [6.45, 7) is 3.36. The Hall–Kier alpha value is -1.79. The molecule has 0 fully saturated rings. The molecule has 7 heteroatoms. The Bertz CT molecular complexity index is 292. The molecule has 0 aliphatic rings. The van der Waals surface area contributed by atoms with Crippen molar-refractivity contribution in [1.29, 1.82) is 0 Å². The van der Waals surface area contributed by atoms with Crippen molar-refractivity contribution in [2.75, 3.05) is 20.2 Å². The number of carboxylic acids is 1. The van der Waals surface area contributed by atoms with Crippen LogP contribution in [0.2, 0.25) is 0 Å². The molecule has 0 rings (SSSR count). The zero-order valence-corrected chi connectivity index (χ0v) is 10.2. The van der Waals surface area contributed by atoms with E-state index < -0.39 is 24.0 Å². The Balaban J connectivity index is 4.43. The summed E-state index contributed by atoms with van der Waals surface area (Å²) in [5.74, 6) is -1.68. The van der Waals surface area contributed by atoms with Crippen LogP contribution in [0, 0.1) is 0 Å². The van der Waals surface area contributed by atoms with Gasteiger partial charge in [0, 0.05) is 6.54 Å². The van der Waals surface area contributed by atoms with Crippen LogP contribution in [-0.4, -0.2) is 54.2 Å². The van der Waals surface area contributed by atoms with E-state index in [4.69, 9.17) is 5.11 Å². The van der Waals surface area contributed by atoms with Crippen LogP contribution in [0.25, 0.3) is 0 Å². The molecule has 0 aromatic carbocycles. The fourth-order valence-electron chi connectivity index (χ4n) is 1.08. The van der Waals surface area contributed by atoms with Crippen LogP contribution in [0.4, 0.5) is 4.79 Å². The second-order valence-electron chi connectivity index (χ2n) is 3.51. The van der Waals surface area contributed by atoms with Gasteiger partial charge in [-0.15, -0.1) is 0 Å². The van der Waals surface area contributed by atoms with Gasteiger partial charge < -0.3 is 20.1 Å². The molecule has 2 amide bonds. The van der Waals surface area contributed by atoms with Crippen LogP contribution < -0.4 is 5.32 Å². The molecule has 2 N–H and O–H groups in total. The number of carbonyl (C=O) groups is 3. The van der Waals surface area contributed by atoms with Gasteiger partial charge in [-0.25, -0.2) is 4.79 Å². The minimum absolute atomic E-state index is 0.192. The molecule has 0 unspecified atom stereocenters. The highest BCUT2D eigenvalue weighted by atomic mass is 16.5. The highest BCUT2D eigenvalue weighted by Crippen LogP contribution is 1.95. The third-order valence-corrected chi connectivity index (χ3v) is 2.04. The number of ether oxygens (including phenoxy) is 1. The van der Waals surface area contributed by atoms with Crippen molar-refractivity contribution >= 4 is 18.0 Å². The maximum absolute atomic E-state index is 11.6. The van der Waals surface area contributed by atoms with Gasteiger partial charge in [0.25, 0.3) is 0 Å². The second-order valence-corrected chi connectivity index (χ2v) is 3.51. The molecular formula is C10H18N2O5. The first-order valence-electron chi connectivity index (χ1n) is 5.27. The van der Waals surface area contributed by atoms with Crippen molar-refractivity contribution in [2.24, 2.45) is 0 Å². The molecule has 0 spiro atoms. The maximum Gasteiger partial charge on any atom is 0.325 e. The minimum Gasteiger partial charge on any atom is -0.480 e. The maximum atomic E-state index is 11.6. The lowest BCUT2D eigenvalue weighted by Gasteiger charge is -2.22. The highest BCUT2D eigenvalue weighted by Gasteiger charge is 2.20. The van der Waals surface area contributed by atoms with E-state index in [1.807, 2.05) is 6.92 Å². The van der Waals surface area contributed by atoms with E-state index in [0.29, 0.717) is 13.0 Å². The van der Waals surface area contributed by atoms with Crippen molar-refractivity contribution in [2.45, 2.75) is 26.3 Å². The van der Waals surface area contributed by atoms with E-state index in [1.165, 1.54) is 18.9 Å². The van der Waals surface area contributed by atoms with Gasteiger partial charge in [0.1, 0.15) is 12.6 Å². The second kappa shape index (κ2) is 7.48. The van der Waals surface area contributed by atoms with Gasteiger partial charge in [-0.05, 0) is 13.3 Å². The van der Waals surface area contributed by atoms with Crippen molar-refractivity contribution in [3.63, 3.8) is 0 Å². The molecule has 0 aliphatic heterocycles. The molecule has 7 nitrogen and oxygen atoms in total. The van der Waals surface area contributed by atoms with Gasteiger partial charge in [0.2, 0.25) is 0 Å². The van der Waals surface area contributed by atoms with Gasteiger partial charge in [-0.1, -0.05) is 6.92 Å². The summed E-state index contributed by atoms with van der Waals surface area (Å²) < 4.78 is 4.45. The molecule has 0 saturated heterocycles. The third-order valence-electron chi connectivity index (χ3n) is 2.04. The van der Waals surface area contributed by atoms with E-state index >= 15 is 0 Å². The highest BCUT2D eigenvalue weighted by molar-refractivity contribution is 5.84. The number of amides is 2. The smallest absolute Gasteiger partial charge is 0.325 e. The summed E-state index contributed by atoms with van der Waals surface area (Å²) in [6, 6.07) is -1.59. The molecule has 0 bridgehead atoms. The molecule has 1 atom stereocenters. The number of aliphatic carboxylic acids is 1.